The Hall–Kier alpha value is -2.50. The Kier molecular flexibility index (Phi) is 5.73. The van der Waals surface area contributed by atoms with Gasteiger partial charge in [-0.1, -0.05) is 17.7 Å². The zero-order chi connectivity index (χ0) is 19.6. The van der Waals surface area contributed by atoms with E-state index >= 15 is 0 Å². The summed E-state index contributed by atoms with van der Waals surface area (Å²) >= 11 is 5.91. The minimum atomic E-state index is -0.589. The lowest BCUT2D eigenvalue weighted by molar-refractivity contribution is -0.139. The van der Waals surface area contributed by atoms with Crippen LogP contribution in [-0.2, 0) is 29.6 Å². The Morgan fingerprint density at radius 1 is 1.22 bits per heavy atom. The van der Waals surface area contributed by atoms with E-state index in [1.807, 2.05) is 29.8 Å². The van der Waals surface area contributed by atoms with E-state index in [1.165, 1.54) is 7.11 Å². The Labute approximate surface area is 163 Å². The maximum absolute atomic E-state index is 12.0. The quantitative estimate of drug-likeness (QED) is 0.644. The molecule has 0 saturated carbocycles. The molecule has 0 aliphatic heterocycles. The zero-order valence-electron chi connectivity index (χ0n) is 15.5. The molecule has 3 aromatic rings. The molecule has 1 heterocycles. The SMILES string of the molecule is COC(=O)Cc1c(COc2ccc(Cl)cc2)n(C)c2ccc(C(C)O)cc12. The molecular formula is C21H22ClNO4. The molecule has 1 unspecified atom stereocenters. The van der Waals surface area contributed by atoms with Crippen molar-refractivity contribution in [1.82, 2.24) is 4.57 Å². The molecule has 0 fully saturated rings. The van der Waals surface area contributed by atoms with E-state index in [4.69, 9.17) is 21.1 Å². The van der Waals surface area contributed by atoms with Gasteiger partial charge < -0.3 is 19.1 Å². The van der Waals surface area contributed by atoms with E-state index in [2.05, 4.69) is 0 Å². The smallest absolute Gasteiger partial charge is 0.310 e. The number of methoxy groups -OCH3 is 1. The summed E-state index contributed by atoms with van der Waals surface area (Å²) in [5.41, 5.74) is 3.49. The van der Waals surface area contributed by atoms with Crippen molar-refractivity contribution in [2.45, 2.75) is 26.1 Å². The van der Waals surface area contributed by atoms with Crippen molar-refractivity contribution in [2.24, 2.45) is 7.05 Å². The first-order valence-electron chi connectivity index (χ1n) is 8.64. The highest BCUT2D eigenvalue weighted by molar-refractivity contribution is 6.30. The van der Waals surface area contributed by atoms with Gasteiger partial charge in [0.25, 0.3) is 0 Å². The number of ether oxygens (including phenoxy) is 2. The van der Waals surface area contributed by atoms with Crippen molar-refractivity contribution in [2.75, 3.05) is 7.11 Å². The van der Waals surface area contributed by atoms with Gasteiger partial charge in [0.15, 0.2) is 0 Å². The van der Waals surface area contributed by atoms with Crippen molar-refractivity contribution in [3.8, 4) is 5.75 Å². The number of aromatic nitrogens is 1. The van der Waals surface area contributed by atoms with Crippen LogP contribution in [0.15, 0.2) is 42.5 Å². The second-order valence-electron chi connectivity index (χ2n) is 6.43. The second kappa shape index (κ2) is 8.03. The summed E-state index contributed by atoms with van der Waals surface area (Å²) < 4.78 is 12.8. The molecule has 3 rings (SSSR count). The highest BCUT2D eigenvalue weighted by Crippen LogP contribution is 2.30. The number of hydrogen-bond acceptors (Lipinski definition) is 4. The van der Waals surface area contributed by atoms with Crippen LogP contribution >= 0.6 is 11.6 Å². The van der Waals surface area contributed by atoms with E-state index in [0.717, 1.165) is 27.7 Å². The number of esters is 1. The van der Waals surface area contributed by atoms with Gasteiger partial charge in [0.2, 0.25) is 0 Å². The fourth-order valence-electron chi connectivity index (χ4n) is 3.13. The summed E-state index contributed by atoms with van der Waals surface area (Å²) in [5.74, 6) is 0.371. The monoisotopic (exact) mass is 387 g/mol. The highest BCUT2D eigenvalue weighted by atomic mass is 35.5. The van der Waals surface area contributed by atoms with Crippen LogP contribution < -0.4 is 4.74 Å². The normalized spacial score (nSPS) is 12.2. The van der Waals surface area contributed by atoms with E-state index in [0.29, 0.717) is 17.4 Å². The van der Waals surface area contributed by atoms with Crippen molar-refractivity contribution < 1.29 is 19.4 Å². The number of fused-ring (bicyclic) bond motifs is 1. The minimum absolute atomic E-state index is 0.135. The number of carbonyl (C=O) groups is 1. The van der Waals surface area contributed by atoms with Crippen molar-refractivity contribution in [1.29, 1.82) is 0 Å². The molecule has 6 heteroatoms. The third kappa shape index (κ3) is 4.10. The third-order valence-electron chi connectivity index (χ3n) is 4.68. The first-order valence-corrected chi connectivity index (χ1v) is 9.01. The van der Waals surface area contributed by atoms with Crippen molar-refractivity contribution in [3.63, 3.8) is 0 Å². The molecular weight excluding hydrogens is 366 g/mol. The number of aliphatic hydroxyl groups is 1. The summed E-state index contributed by atoms with van der Waals surface area (Å²) in [6.07, 6.45) is -0.453. The Morgan fingerprint density at radius 2 is 1.93 bits per heavy atom. The van der Waals surface area contributed by atoms with Crippen LogP contribution in [0.3, 0.4) is 0 Å². The molecule has 0 spiro atoms. The van der Waals surface area contributed by atoms with Gasteiger partial charge in [-0.05, 0) is 54.4 Å². The Bertz CT molecular complexity index is 960. The van der Waals surface area contributed by atoms with Crippen LogP contribution in [0.25, 0.3) is 10.9 Å². The van der Waals surface area contributed by atoms with Crippen molar-refractivity contribution in [3.05, 3.63) is 64.3 Å². The summed E-state index contributed by atoms with van der Waals surface area (Å²) in [6.45, 7) is 2.01. The number of nitrogens with zero attached hydrogens (tertiary/aromatic N) is 1. The van der Waals surface area contributed by atoms with Gasteiger partial charge in [-0.15, -0.1) is 0 Å². The molecule has 1 aromatic heterocycles. The molecule has 142 valence electrons. The Balaban J connectivity index is 2.03. The highest BCUT2D eigenvalue weighted by Gasteiger charge is 2.19. The topological polar surface area (TPSA) is 60.7 Å². The van der Waals surface area contributed by atoms with Gasteiger partial charge in [0.1, 0.15) is 12.4 Å². The largest absolute Gasteiger partial charge is 0.487 e. The van der Waals surface area contributed by atoms with Crippen LogP contribution in [0.5, 0.6) is 5.75 Å². The van der Waals surface area contributed by atoms with E-state index in [-0.39, 0.29) is 12.4 Å². The zero-order valence-corrected chi connectivity index (χ0v) is 16.3. The summed E-state index contributed by atoms with van der Waals surface area (Å²) in [7, 11) is 3.31. The fourth-order valence-corrected chi connectivity index (χ4v) is 3.26. The maximum Gasteiger partial charge on any atom is 0.310 e. The number of hydrogen-bond donors (Lipinski definition) is 1. The molecule has 1 atom stereocenters. The number of benzene rings is 2. The molecule has 0 aliphatic carbocycles. The van der Waals surface area contributed by atoms with E-state index in [9.17, 15) is 9.90 Å². The number of halogens is 1. The molecule has 0 bridgehead atoms. The van der Waals surface area contributed by atoms with Crippen LogP contribution in [-0.4, -0.2) is 22.8 Å². The number of rotatable bonds is 6. The lowest BCUT2D eigenvalue weighted by atomic mass is 10.0. The van der Waals surface area contributed by atoms with Crippen molar-refractivity contribution >= 4 is 28.5 Å². The fraction of sp³-hybridized carbons (Fsp3) is 0.286. The predicted molar refractivity (Wildman–Crippen MR) is 105 cm³/mol. The van der Waals surface area contributed by atoms with Crippen LogP contribution in [0.2, 0.25) is 5.02 Å². The van der Waals surface area contributed by atoms with Gasteiger partial charge in [-0.25, -0.2) is 0 Å². The first-order chi connectivity index (χ1) is 12.9. The number of carbonyl (C=O) groups excluding carboxylic acids is 1. The third-order valence-corrected chi connectivity index (χ3v) is 4.93. The maximum atomic E-state index is 12.0. The van der Waals surface area contributed by atoms with Gasteiger partial charge in [-0.3, -0.25) is 4.79 Å². The molecule has 0 radical (unpaired) electrons. The Morgan fingerprint density at radius 3 is 2.56 bits per heavy atom. The molecule has 1 N–H and O–H groups in total. The van der Waals surface area contributed by atoms with E-state index in [1.54, 1.807) is 31.2 Å². The average Bonchev–Trinajstić information content (AvgIpc) is 2.92. The van der Waals surface area contributed by atoms with Crippen LogP contribution in [0, 0.1) is 0 Å². The lowest BCUT2D eigenvalue weighted by Crippen LogP contribution is -2.09. The van der Waals surface area contributed by atoms with Gasteiger partial charge in [-0.2, -0.15) is 0 Å². The summed E-state index contributed by atoms with van der Waals surface area (Å²) in [4.78, 5) is 12.0. The average molecular weight is 388 g/mol. The second-order valence-corrected chi connectivity index (χ2v) is 6.87. The molecule has 5 nitrogen and oxygen atoms in total. The summed E-state index contributed by atoms with van der Waals surface area (Å²) in [6, 6.07) is 12.9. The van der Waals surface area contributed by atoms with Gasteiger partial charge >= 0.3 is 5.97 Å². The molecule has 2 aromatic carbocycles. The van der Waals surface area contributed by atoms with Gasteiger partial charge in [0, 0.05) is 23.0 Å². The first kappa shape index (κ1) is 19.3. The molecule has 0 aliphatic rings. The summed E-state index contributed by atoms with van der Waals surface area (Å²) in [5, 5.41) is 11.5. The molecule has 0 amide bonds. The van der Waals surface area contributed by atoms with Crippen LogP contribution in [0.1, 0.15) is 29.8 Å². The molecule has 0 saturated heterocycles. The number of aryl methyl sites for hydroxylation is 1. The standard InChI is InChI=1S/C21H22ClNO4/c1-13(24)14-4-9-19-17(10-14)18(11-21(25)26-3)20(23(19)2)12-27-16-7-5-15(22)6-8-16/h4-10,13,24H,11-12H2,1-3H3. The van der Waals surface area contributed by atoms with E-state index < -0.39 is 6.10 Å². The predicted octanol–water partition coefficient (Wildman–Crippen LogP) is 4.18. The van der Waals surface area contributed by atoms with Crippen LogP contribution in [0.4, 0.5) is 0 Å². The molecule has 27 heavy (non-hydrogen) atoms. The number of aliphatic hydroxyl groups excluding tert-OH is 1. The van der Waals surface area contributed by atoms with Gasteiger partial charge in [0.05, 0.1) is 25.3 Å². The minimum Gasteiger partial charge on any atom is -0.487 e. The lowest BCUT2D eigenvalue weighted by Gasteiger charge is -2.10.